The van der Waals surface area contributed by atoms with E-state index in [1.807, 2.05) is 30.3 Å². The van der Waals surface area contributed by atoms with E-state index in [-0.39, 0.29) is 23.1 Å². The molecule has 2 heterocycles. The SMILES string of the molecule is O=C(Nc1ccc(S(=O)(=O)N2CCCC2)cc1)[C@H]1CCCN(S(=O)(=O)CCCc2ccccc2)C1. The first kappa shape index (κ1) is 25.8. The van der Waals surface area contributed by atoms with Gasteiger partial charge in [-0.15, -0.1) is 0 Å². The fourth-order valence-electron chi connectivity index (χ4n) is 4.67. The standard InChI is InChI=1S/C25H33N3O5S2/c29-25(26-23-12-14-24(15-13-23)35(32,33)27-16-4-5-17-27)22-11-6-18-28(20-22)34(30,31)19-7-10-21-8-2-1-3-9-21/h1-3,8-9,12-15,22H,4-7,10-11,16-20H2,(H,26,29)/t22-/m0/s1. The molecular formula is C25H33N3O5S2. The molecule has 2 aliphatic heterocycles. The van der Waals surface area contributed by atoms with E-state index in [2.05, 4.69) is 5.32 Å². The van der Waals surface area contributed by atoms with Crippen molar-refractivity contribution in [2.45, 2.75) is 43.4 Å². The van der Waals surface area contributed by atoms with Crippen LogP contribution in [0.5, 0.6) is 0 Å². The van der Waals surface area contributed by atoms with E-state index in [4.69, 9.17) is 0 Å². The van der Waals surface area contributed by atoms with Gasteiger partial charge in [0.25, 0.3) is 0 Å². The van der Waals surface area contributed by atoms with Gasteiger partial charge in [-0.25, -0.2) is 21.1 Å². The largest absolute Gasteiger partial charge is 0.326 e. The molecule has 0 saturated carbocycles. The maximum atomic E-state index is 12.9. The van der Waals surface area contributed by atoms with Gasteiger partial charge in [-0.3, -0.25) is 4.79 Å². The molecular weight excluding hydrogens is 486 g/mol. The zero-order chi connectivity index (χ0) is 24.9. The van der Waals surface area contributed by atoms with Gasteiger partial charge < -0.3 is 5.32 Å². The third-order valence-electron chi connectivity index (χ3n) is 6.68. The van der Waals surface area contributed by atoms with Crippen molar-refractivity contribution in [2.75, 3.05) is 37.2 Å². The van der Waals surface area contributed by atoms with Gasteiger partial charge >= 0.3 is 0 Å². The molecule has 190 valence electrons. The number of benzene rings is 2. The quantitative estimate of drug-likeness (QED) is 0.548. The van der Waals surface area contributed by atoms with E-state index >= 15 is 0 Å². The Hall–Kier alpha value is -2.27. The molecule has 10 heteroatoms. The number of nitrogens with one attached hydrogen (secondary N) is 1. The van der Waals surface area contributed by atoms with Crippen molar-refractivity contribution in [3.8, 4) is 0 Å². The van der Waals surface area contributed by atoms with Gasteiger partial charge in [0.2, 0.25) is 26.0 Å². The summed E-state index contributed by atoms with van der Waals surface area (Å²) in [5, 5.41) is 2.83. The highest BCUT2D eigenvalue weighted by Gasteiger charge is 2.32. The summed E-state index contributed by atoms with van der Waals surface area (Å²) in [7, 11) is -6.95. The molecule has 0 radical (unpaired) electrons. The zero-order valence-corrected chi connectivity index (χ0v) is 21.4. The number of anilines is 1. The highest BCUT2D eigenvalue weighted by Crippen LogP contribution is 2.24. The molecule has 2 aromatic rings. The molecule has 0 aromatic heterocycles. The number of rotatable bonds is 9. The van der Waals surface area contributed by atoms with Crippen molar-refractivity contribution in [2.24, 2.45) is 5.92 Å². The van der Waals surface area contributed by atoms with E-state index in [9.17, 15) is 21.6 Å². The summed E-state index contributed by atoms with van der Waals surface area (Å²) in [5.41, 5.74) is 1.61. The highest BCUT2D eigenvalue weighted by molar-refractivity contribution is 7.89. The van der Waals surface area contributed by atoms with E-state index in [0.29, 0.717) is 51.0 Å². The van der Waals surface area contributed by atoms with Gasteiger partial charge in [0, 0.05) is 31.9 Å². The lowest BCUT2D eigenvalue weighted by molar-refractivity contribution is -0.120. The van der Waals surface area contributed by atoms with Crippen LogP contribution in [0.25, 0.3) is 0 Å². The van der Waals surface area contributed by atoms with Gasteiger partial charge in [0.05, 0.1) is 16.6 Å². The van der Waals surface area contributed by atoms with E-state index < -0.39 is 26.0 Å². The summed E-state index contributed by atoms with van der Waals surface area (Å²) < 4.78 is 54.0. The van der Waals surface area contributed by atoms with Crippen LogP contribution in [0, 0.1) is 5.92 Å². The predicted molar refractivity (Wildman–Crippen MR) is 136 cm³/mol. The van der Waals surface area contributed by atoms with Crippen molar-refractivity contribution in [1.82, 2.24) is 8.61 Å². The Bertz CT molecular complexity index is 1210. The number of hydrogen-bond donors (Lipinski definition) is 1. The van der Waals surface area contributed by atoms with Crippen LogP contribution in [0.3, 0.4) is 0 Å². The van der Waals surface area contributed by atoms with E-state index in [1.165, 1.54) is 20.7 Å². The lowest BCUT2D eigenvalue weighted by atomic mass is 9.99. The van der Waals surface area contributed by atoms with Crippen LogP contribution in [-0.2, 0) is 31.3 Å². The minimum Gasteiger partial charge on any atom is -0.326 e. The van der Waals surface area contributed by atoms with E-state index in [1.54, 1.807) is 12.1 Å². The topological polar surface area (TPSA) is 104 Å². The summed E-state index contributed by atoms with van der Waals surface area (Å²) in [4.78, 5) is 13.1. The Morgan fingerprint density at radius 2 is 1.51 bits per heavy atom. The second kappa shape index (κ2) is 11.2. The van der Waals surface area contributed by atoms with Crippen LogP contribution in [-0.4, -0.2) is 63.3 Å². The fourth-order valence-corrected chi connectivity index (χ4v) is 7.77. The van der Waals surface area contributed by atoms with Crippen LogP contribution in [0.15, 0.2) is 59.5 Å². The van der Waals surface area contributed by atoms with Crippen molar-refractivity contribution in [3.63, 3.8) is 0 Å². The van der Waals surface area contributed by atoms with Gasteiger partial charge in [-0.1, -0.05) is 30.3 Å². The average Bonchev–Trinajstić information content (AvgIpc) is 3.41. The molecule has 1 atom stereocenters. The molecule has 0 bridgehead atoms. The minimum absolute atomic E-state index is 0.0587. The van der Waals surface area contributed by atoms with Gasteiger partial charge in [0.1, 0.15) is 0 Å². The molecule has 8 nitrogen and oxygen atoms in total. The molecule has 0 aliphatic carbocycles. The molecule has 2 aliphatic rings. The molecule has 1 amide bonds. The first-order chi connectivity index (χ1) is 16.8. The normalized spacial score (nSPS) is 20.1. The molecule has 0 unspecified atom stereocenters. The van der Waals surface area contributed by atoms with Crippen LogP contribution in [0.1, 0.15) is 37.7 Å². The first-order valence-electron chi connectivity index (χ1n) is 12.2. The summed E-state index contributed by atoms with van der Waals surface area (Å²) in [6.45, 7) is 1.67. The summed E-state index contributed by atoms with van der Waals surface area (Å²) in [6.07, 6.45) is 4.21. The van der Waals surface area contributed by atoms with Gasteiger partial charge in [-0.05, 0) is 68.4 Å². The number of piperidine rings is 1. The smallest absolute Gasteiger partial charge is 0.243 e. The van der Waals surface area contributed by atoms with Gasteiger partial charge in [0.15, 0.2) is 0 Å². The number of carbonyl (C=O) groups is 1. The minimum atomic E-state index is -3.51. The number of aryl methyl sites for hydroxylation is 1. The first-order valence-corrected chi connectivity index (χ1v) is 15.2. The third kappa shape index (κ3) is 6.49. The summed E-state index contributed by atoms with van der Waals surface area (Å²) >= 11 is 0. The lowest BCUT2D eigenvalue weighted by Gasteiger charge is -2.31. The second-order valence-corrected chi connectivity index (χ2v) is 13.3. The van der Waals surface area contributed by atoms with E-state index in [0.717, 1.165) is 18.4 Å². The predicted octanol–water partition coefficient (Wildman–Crippen LogP) is 3.08. The Morgan fingerprint density at radius 3 is 2.20 bits per heavy atom. The molecule has 35 heavy (non-hydrogen) atoms. The Balaban J connectivity index is 1.31. The van der Waals surface area contributed by atoms with Crippen molar-refractivity contribution in [3.05, 3.63) is 60.2 Å². The highest BCUT2D eigenvalue weighted by atomic mass is 32.2. The Morgan fingerprint density at radius 1 is 0.857 bits per heavy atom. The fraction of sp³-hybridized carbons (Fsp3) is 0.480. The number of hydrogen-bond acceptors (Lipinski definition) is 5. The lowest BCUT2D eigenvalue weighted by Crippen LogP contribution is -2.44. The maximum Gasteiger partial charge on any atom is 0.243 e. The summed E-state index contributed by atoms with van der Waals surface area (Å²) in [5.74, 6) is -0.631. The Labute approximate surface area is 208 Å². The molecule has 0 spiro atoms. The zero-order valence-electron chi connectivity index (χ0n) is 19.8. The van der Waals surface area contributed by atoms with Crippen LogP contribution in [0.2, 0.25) is 0 Å². The van der Waals surface area contributed by atoms with Gasteiger partial charge in [-0.2, -0.15) is 4.31 Å². The summed E-state index contributed by atoms with van der Waals surface area (Å²) in [6, 6.07) is 16.0. The number of sulfonamides is 2. The number of nitrogens with zero attached hydrogens (tertiary/aromatic N) is 2. The molecule has 2 fully saturated rings. The van der Waals surface area contributed by atoms with Crippen LogP contribution in [0.4, 0.5) is 5.69 Å². The second-order valence-electron chi connectivity index (χ2n) is 9.23. The maximum absolute atomic E-state index is 12.9. The van der Waals surface area contributed by atoms with Crippen LogP contribution < -0.4 is 5.32 Å². The number of carbonyl (C=O) groups excluding carboxylic acids is 1. The molecule has 1 N–H and O–H groups in total. The number of amides is 1. The molecule has 4 rings (SSSR count). The van der Waals surface area contributed by atoms with Crippen LogP contribution >= 0.6 is 0 Å². The Kier molecular flexibility index (Phi) is 8.26. The van der Waals surface area contributed by atoms with Crippen molar-refractivity contribution < 1.29 is 21.6 Å². The molecule has 2 saturated heterocycles. The van der Waals surface area contributed by atoms with Crippen molar-refractivity contribution >= 4 is 31.6 Å². The monoisotopic (exact) mass is 519 g/mol. The van der Waals surface area contributed by atoms with Crippen molar-refractivity contribution in [1.29, 1.82) is 0 Å². The third-order valence-corrected chi connectivity index (χ3v) is 10.5. The average molecular weight is 520 g/mol. The molecule has 2 aromatic carbocycles.